The number of ketones is 2. The van der Waals surface area contributed by atoms with E-state index in [0.29, 0.717) is 24.8 Å². The number of carbonyl (C=O) groups excluding carboxylic acids is 2. The van der Waals surface area contributed by atoms with Gasteiger partial charge in [-0.2, -0.15) is 0 Å². The van der Waals surface area contributed by atoms with Crippen molar-refractivity contribution in [3.05, 3.63) is 23.8 Å². The molecule has 0 aromatic carbocycles. The summed E-state index contributed by atoms with van der Waals surface area (Å²) in [6, 6.07) is 0. The lowest BCUT2D eigenvalue weighted by atomic mass is 9.44. The highest BCUT2D eigenvalue weighted by Crippen LogP contribution is 2.72. The van der Waals surface area contributed by atoms with Gasteiger partial charge in [-0.15, -0.1) is 0 Å². The lowest BCUT2D eigenvalue weighted by Gasteiger charge is -2.62. The number of carbonyl (C=O) groups is 2. The van der Waals surface area contributed by atoms with Crippen molar-refractivity contribution in [2.24, 2.45) is 38.9 Å². The Hall–Kier alpha value is -2.39. The van der Waals surface area contributed by atoms with Crippen LogP contribution in [0.5, 0.6) is 0 Å². The van der Waals surface area contributed by atoms with E-state index in [1.165, 1.54) is 12.2 Å². The third-order valence-electron chi connectivity index (χ3n) is 9.26. The van der Waals surface area contributed by atoms with Crippen LogP contribution in [0, 0.1) is 28.6 Å². The van der Waals surface area contributed by atoms with Crippen LogP contribution in [-0.4, -0.2) is 62.9 Å². The van der Waals surface area contributed by atoms with Crippen molar-refractivity contribution >= 4 is 23.5 Å². The molecule has 1 heterocycles. The zero-order valence-corrected chi connectivity index (χ0v) is 18.0. The molecule has 0 radical (unpaired) electrons. The van der Waals surface area contributed by atoms with Gasteiger partial charge in [0.05, 0.1) is 18.2 Å². The third kappa shape index (κ3) is 2.18. The van der Waals surface area contributed by atoms with Crippen molar-refractivity contribution in [2.45, 2.75) is 56.9 Å². The van der Waals surface area contributed by atoms with Crippen molar-refractivity contribution in [1.29, 1.82) is 0 Å². The molecule has 0 bridgehead atoms. The molecule has 32 heavy (non-hydrogen) atoms. The van der Waals surface area contributed by atoms with Crippen LogP contribution in [0.25, 0.3) is 0 Å². The predicted molar refractivity (Wildman–Crippen MR) is 111 cm³/mol. The molecule has 0 saturated heterocycles. The van der Waals surface area contributed by atoms with Crippen molar-refractivity contribution < 1.29 is 34.2 Å². The number of nitrogens with zero attached hydrogens (tertiary/aromatic N) is 2. The van der Waals surface area contributed by atoms with Crippen LogP contribution in [0.15, 0.2) is 34.1 Å². The zero-order valence-electron chi connectivity index (χ0n) is 18.0. The highest BCUT2D eigenvalue weighted by Gasteiger charge is 2.79. The van der Waals surface area contributed by atoms with Gasteiger partial charge in [0.1, 0.15) is 12.3 Å². The Bertz CT molecular complexity index is 1020. The van der Waals surface area contributed by atoms with Gasteiger partial charge in [-0.05, 0) is 50.7 Å². The molecule has 0 aromatic heterocycles. The molecule has 1 aliphatic heterocycles. The van der Waals surface area contributed by atoms with E-state index in [1.54, 1.807) is 19.9 Å². The molecule has 8 nitrogen and oxygen atoms in total. The largest absolute Gasteiger partial charge is 0.411 e. The first-order valence-electron chi connectivity index (χ1n) is 11.0. The number of hydrogen-bond donors (Lipinski definition) is 3. The zero-order chi connectivity index (χ0) is 23.1. The topological polar surface area (TPSA) is 129 Å². The highest BCUT2D eigenvalue weighted by atomic mass is 19.1. The standard InChI is InChI=1S/C23H27FN2O6/c1-20-6-5-13(28)7-12(20)3-4-14-15-8-16-17(10-25-31)26-32-23(16,19(30)11-27)21(15,2)9-18(29)22(14,20)24/h5-7,10,14-16,18,27,29,31H,3-4,8-9,11H2,1-2H3/b25-10-/t14-,15-,16-,18-,20-,21-,22-,23-/m0/s1. The SMILES string of the molecule is C[C@]12C=CC(=O)C=C1CC[C@H]1[C@@H]3C[C@H]4C(/C=N\O)=NO[C@@]4(C(=O)CO)[C@@]3(C)C[C@H](O)[C@@]12F. The summed E-state index contributed by atoms with van der Waals surface area (Å²) < 4.78 is 17.2. The summed E-state index contributed by atoms with van der Waals surface area (Å²) in [5.41, 5.74) is -4.81. The Morgan fingerprint density at radius 2 is 2.16 bits per heavy atom. The summed E-state index contributed by atoms with van der Waals surface area (Å²) in [6.45, 7) is 2.75. The molecule has 0 amide bonds. The number of hydrogen-bond acceptors (Lipinski definition) is 8. The minimum atomic E-state index is -2.04. The lowest BCUT2D eigenvalue weighted by Crippen LogP contribution is -2.69. The Morgan fingerprint density at radius 3 is 2.84 bits per heavy atom. The molecule has 0 spiro atoms. The van der Waals surface area contributed by atoms with E-state index in [4.69, 9.17) is 10.0 Å². The first kappa shape index (κ1) is 21.5. The molecule has 172 valence electrons. The minimum absolute atomic E-state index is 0.0728. The van der Waals surface area contributed by atoms with E-state index in [-0.39, 0.29) is 23.8 Å². The van der Waals surface area contributed by atoms with Gasteiger partial charge < -0.3 is 20.3 Å². The maximum Gasteiger partial charge on any atom is 0.211 e. The molecule has 3 fully saturated rings. The molecule has 0 unspecified atom stereocenters. The van der Waals surface area contributed by atoms with E-state index < -0.39 is 52.4 Å². The number of oxime groups is 2. The fourth-order valence-electron chi connectivity index (χ4n) is 7.78. The van der Waals surface area contributed by atoms with Crippen molar-refractivity contribution in [2.75, 3.05) is 6.61 Å². The number of fused-ring (bicyclic) bond motifs is 7. The number of rotatable bonds is 3. The van der Waals surface area contributed by atoms with Crippen LogP contribution in [-0.2, 0) is 14.4 Å². The highest BCUT2D eigenvalue weighted by molar-refractivity contribution is 6.33. The average molecular weight is 446 g/mol. The van der Waals surface area contributed by atoms with E-state index in [2.05, 4.69) is 10.3 Å². The Labute approximate surface area is 184 Å². The van der Waals surface area contributed by atoms with Gasteiger partial charge in [0.2, 0.25) is 11.4 Å². The van der Waals surface area contributed by atoms with E-state index in [9.17, 15) is 19.8 Å². The van der Waals surface area contributed by atoms with E-state index >= 15 is 4.39 Å². The van der Waals surface area contributed by atoms with Crippen LogP contribution < -0.4 is 0 Å². The second kappa shape index (κ2) is 6.57. The van der Waals surface area contributed by atoms with Crippen molar-refractivity contribution in [3.63, 3.8) is 0 Å². The van der Waals surface area contributed by atoms with Gasteiger partial charge in [0.25, 0.3) is 0 Å². The molecule has 0 aromatic rings. The van der Waals surface area contributed by atoms with Crippen LogP contribution >= 0.6 is 0 Å². The molecular formula is C23H27FN2O6. The van der Waals surface area contributed by atoms with Gasteiger partial charge in [0.15, 0.2) is 11.5 Å². The predicted octanol–water partition coefficient (Wildman–Crippen LogP) is 1.73. The quantitative estimate of drug-likeness (QED) is 0.344. The fourth-order valence-corrected chi connectivity index (χ4v) is 7.78. The summed E-state index contributed by atoms with van der Waals surface area (Å²) >= 11 is 0. The number of halogens is 1. The second-order valence-electron chi connectivity index (χ2n) is 10.2. The lowest BCUT2D eigenvalue weighted by molar-refractivity contribution is -0.225. The van der Waals surface area contributed by atoms with Crippen LogP contribution in [0.4, 0.5) is 4.39 Å². The number of aliphatic hydroxyl groups is 2. The third-order valence-corrected chi connectivity index (χ3v) is 9.26. The number of allylic oxidation sites excluding steroid dienone is 4. The normalized spacial score (nSPS) is 49.0. The summed E-state index contributed by atoms with van der Waals surface area (Å²) in [7, 11) is 0. The molecule has 3 N–H and O–H groups in total. The smallest absolute Gasteiger partial charge is 0.211 e. The average Bonchev–Trinajstić information content (AvgIpc) is 3.24. The molecule has 4 aliphatic carbocycles. The first-order chi connectivity index (χ1) is 15.1. The summed E-state index contributed by atoms with van der Waals surface area (Å²) in [4.78, 5) is 30.8. The first-order valence-corrected chi connectivity index (χ1v) is 11.0. The molecule has 3 saturated carbocycles. The Balaban J connectivity index is 1.65. The van der Waals surface area contributed by atoms with Crippen LogP contribution in [0.1, 0.15) is 39.5 Å². The van der Waals surface area contributed by atoms with E-state index in [1.807, 2.05) is 0 Å². The summed E-state index contributed by atoms with van der Waals surface area (Å²) in [5.74, 6) is -2.37. The molecular weight excluding hydrogens is 419 g/mol. The summed E-state index contributed by atoms with van der Waals surface area (Å²) in [5, 5.41) is 37.2. The molecule has 9 heteroatoms. The van der Waals surface area contributed by atoms with Crippen molar-refractivity contribution in [1.82, 2.24) is 0 Å². The molecule has 5 aliphatic rings. The second-order valence-corrected chi connectivity index (χ2v) is 10.2. The van der Waals surface area contributed by atoms with Crippen LogP contribution in [0.3, 0.4) is 0 Å². The van der Waals surface area contributed by atoms with Crippen molar-refractivity contribution in [3.8, 4) is 0 Å². The van der Waals surface area contributed by atoms with Gasteiger partial charge >= 0.3 is 0 Å². The minimum Gasteiger partial charge on any atom is -0.411 e. The number of Topliss-reactive ketones (excluding diaryl/α,β-unsaturated/α-hetero) is 1. The molecule has 5 rings (SSSR count). The molecule has 8 atom stereocenters. The number of aliphatic hydroxyl groups excluding tert-OH is 2. The van der Waals surface area contributed by atoms with Gasteiger partial charge in [-0.25, -0.2) is 4.39 Å². The number of alkyl halides is 1. The Kier molecular flexibility index (Phi) is 4.41. The summed E-state index contributed by atoms with van der Waals surface area (Å²) in [6.07, 6.45) is 5.28. The van der Waals surface area contributed by atoms with Gasteiger partial charge in [-0.3, -0.25) is 9.59 Å². The fraction of sp³-hybridized carbons (Fsp3) is 0.652. The maximum atomic E-state index is 17.2. The Morgan fingerprint density at radius 1 is 1.41 bits per heavy atom. The van der Waals surface area contributed by atoms with E-state index in [0.717, 1.165) is 6.21 Å². The monoisotopic (exact) mass is 446 g/mol. The maximum absolute atomic E-state index is 17.2. The van der Waals surface area contributed by atoms with Crippen LogP contribution in [0.2, 0.25) is 0 Å². The van der Waals surface area contributed by atoms with Gasteiger partial charge in [0, 0.05) is 16.7 Å². The van der Waals surface area contributed by atoms with Gasteiger partial charge in [-0.1, -0.05) is 28.9 Å².